The summed E-state index contributed by atoms with van der Waals surface area (Å²) >= 11 is 1.25. The predicted molar refractivity (Wildman–Crippen MR) is 95.2 cm³/mol. The summed E-state index contributed by atoms with van der Waals surface area (Å²) in [4.78, 5) is 37.8. The van der Waals surface area contributed by atoms with Crippen LogP contribution in [0.1, 0.15) is 16.6 Å². The Morgan fingerprint density at radius 3 is 2.46 bits per heavy atom. The summed E-state index contributed by atoms with van der Waals surface area (Å²) in [5, 5.41) is 4.26. The van der Waals surface area contributed by atoms with Crippen molar-refractivity contribution in [2.75, 3.05) is 39.0 Å². The summed E-state index contributed by atoms with van der Waals surface area (Å²) in [5.74, 6) is -1.49. The quantitative estimate of drug-likeness (QED) is 0.642. The summed E-state index contributed by atoms with van der Waals surface area (Å²) in [6.07, 6.45) is 1.12. The molecule has 1 fully saturated rings. The lowest BCUT2D eigenvalue weighted by molar-refractivity contribution is -0.153. The van der Waals surface area contributed by atoms with Crippen molar-refractivity contribution in [2.45, 2.75) is 13.0 Å². The molecule has 0 saturated carbocycles. The van der Waals surface area contributed by atoms with Crippen molar-refractivity contribution in [1.29, 1.82) is 0 Å². The minimum absolute atomic E-state index is 0.214. The Morgan fingerprint density at radius 2 is 1.92 bits per heavy atom. The van der Waals surface area contributed by atoms with E-state index in [1.54, 1.807) is 17.5 Å². The van der Waals surface area contributed by atoms with Gasteiger partial charge in [-0.05, 0) is 18.4 Å². The second-order valence-corrected chi connectivity index (χ2v) is 8.75. The topological polar surface area (TPSA) is 113 Å². The first-order valence-corrected chi connectivity index (χ1v) is 10.6. The fraction of sp³-hybridized carbons (Fsp3) is 0.533. The molecule has 2 amide bonds. The van der Waals surface area contributed by atoms with Crippen LogP contribution in [0.15, 0.2) is 17.5 Å². The number of hydrogen-bond donors (Lipinski definition) is 1. The zero-order valence-corrected chi connectivity index (χ0v) is 16.1. The van der Waals surface area contributed by atoms with Gasteiger partial charge in [0, 0.05) is 26.2 Å². The van der Waals surface area contributed by atoms with Gasteiger partial charge in [0.05, 0.1) is 11.1 Å². The predicted octanol–water partition coefficient (Wildman–Crippen LogP) is -0.487. The smallest absolute Gasteiger partial charge is 0.328 e. The van der Waals surface area contributed by atoms with Gasteiger partial charge in [0.15, 0.2) is 6.61 Å². The zero-order chi connectivity index (χ0) is 19.3. The van der Waals surface area contributed by atoms with E-state index in [0.29, 0.717) is 4.88 Å². The average Bonchev–Trinajstić information content (AvgIpc) is 3.13. The number of sulfonamides is 1. The first kappa shape index (κ1) is 20.3. The standard InChI is InChI=1S/C15H21N3O6S2/c1-11(16-14(20)12-4-3-9-25-12)15(21)24-10-13(19)17-5-7-18(8-6-17)26(2,22)23/h3-4,9,11H,5-8,10H2,1-2H3,(H,16,20). The van der Waals surface area contributed by atoms with Gasteiger partial charge in [-0.3, -0.25) is 9.59 Å². The summed E-state index contributed by atoms with van der Waals surface area (Å²) < 4.78 is 29.1. The SMILES string of the molecule is CC(NC(=O)c1cccs1)C(=O)OCC(=O)N1CCN(S(C)(=O)=O)CC1. The normalized spacial score (nSPS) is 16.8. The molecular weight excluding hydrogens is 382 g/mol. The Balaban J connectivity index is 1.75. The van der Waals surface area contributed by atoms with Crippen molar-refractivity contribution in [2.24, 2.45) is 0 Å². The third-order valence-electron chi connectivity index (χ3n) is 3.84. The van der Waals surface area contributed by atoms with Crippen molar-refractivity contribution < 1.29 is 27.5 Å². The van der Waals surface area contributed by atoms with E-state index in [2.05, 4.69) is 5.32 Å². The zero-order valence-electron chi connectivity index (χ0n) is 14.5. The molecule has 0 radical (unpaired) electrons. The van der Waals surface area contributed by atoms with E-state index in [1.807, 2.05) is 0 Å². The van der Waals surface area contributed by atoms with Crippen LogP contribution in [-0.2, 0) is 24.3 Å². The van der Waals surface area contributed by atoms with Crippen LogP contribution in [0.5, 0.6) is 0 Å². The highest BCUT2D eigenvalue weighted by molar-refractivity contribution is 7.88. The van der Waals surface area contributed by atoms with Crippen LogP contribution in [0.25, 0.3) is 0 Å². The van der Waals surface area contributed by atoms with Crippen LogP contribution in [0, 0.1) is 0 Å². The Bertz CT molecular complexity index is 754. The van der Waals surface area contributed by atoms with E-state index in [-0.39, 0.29) is 32.1 Å². The molecule has 144 valence electrons. The monoisotopic (exact) mass is 403 g/mol. The van der Waals surface area contributed by atoms with Crippen molar-refractivity contribution in [3.05, 3.63) is 22.4 Å². The Morgan fingerprint density at radius 1 is 1.27 bits per heavy atom. The lowest BCUT2D eigenvalue weighted by Gasteiger charge is -2.33. The van der Waals surface area contributed by atoms with Crippen molar-refractivity contribution in [3.8, 4) is 0 Å². The second kappa shape index (κ2) is 8.60. The number of hydrogen-bond acceptors (Lipinski definition) is 7. The maximum absolute atomic E-state index is 12.1. The number of ether oxygens (including phenoxy) is 1. The molecule has 1 aromatic heterocycles. The highest BCUT2D eigenvalue weighted by Crippen LogP contribution is 2.09. The summed E-state index contributed by atoms with van der Waals surface area (Å²) in [7, 11) is -3.27. The van der Waals surface area contributed by atoms with Gasteiger partial charge in [-0.1, -0.05) is 6.07 Å². The molecule has 9 nitrogen and oxygen atoms in total. The van der Waals surface area contributed by atoms with Crippen molar-refractivity contribution in [3.63, 3.8) is 0 Å². The maximum atomic E-state index is 12.1. The fourth-order valence-corrected chi connectivity index (χ4v) is 3.81. The molecule has 1 saturated heterocycles. The number of piperazine rings is 1. The van der Waals surface area contributed by atoms with Gasteiger partial charge in [-0.15, -0.1) is 11.3 Å². The minimum atomic E-state index is -3.27. The third-order valence-corrected chi connectivity index (χ3v) is 6.02. The average molecular weight is 403 g/mol. The summed E-state index contributed by atoms with van der Waals surface area (Å²) in [5.41, 5.74) is 0. The molecule has 0 aliphatic carbocycles. The van der Waals surface area contributed by atoms with Crippen LogP contribution in [0.2, 0.25) is 0 Å². The maximum Gasteiger partial charge on any atom is 0.328 e. The molecule has 1 unspecified atom stereocenters. The molecule has 1 atom stereocenters. The minimum Gasteiger partial charge on any atom is -0.454 e. The van der Waals surface area contributed by atoms with Gasteiger partial charge >= 0.3 is 5.97 Å². The highest BCUT2D eigenvalue weighted by Gasteiger charge is 2.27. The number of rotatable bonds is 6. The number of carbonyl (C=O) groups is 3. The molecule has 26 heavy (non-hydrogen) atoms. The molecule has 1 aromatic rings. The first-order chi connectivity index (χ1) is 12.2. The van der Waals surface area contributed by atoms with Gasteiger partial charge in [-0.2, -0.15) is 4.31 Å². The van der Waals surface area contributed by atoms with Crippen LogP contribution in [0.4, 0.5) is 0 Å². The van der Waals surface area contributed by atoms with Crippen molar-refractivity contribution in [1.82, 2.24) is 14.5 Å². The fourth-order valence-electron chi connectivity index (χ4n) is 2.35. The highest BCUT2D eigenvalue weighted by atomic mass is 32.2. The Labute approximate surface area is 156 Å². The van der Waals surface area contributed by atoms with Gasteiger partial charge in [0.25, 0.3) is 11.8 Å². The van der Waals surface area contributed by atoms with Gasteiger partial charge in [0.1, 0.15) is 6.04 Å². The number of thiophene rings is 1. The van der Waals surface area contributed by atoms with E-state index < -0.39 is 34.5 Å². The van der Waals surface area contributed by atoms with Crippen LogP contribution in [0.3, 0.4) is 0 Å². The molecule has 11 heteroatoms. The van der Waals surface area contributed by atoms with E-state index >= 15 is 0 Å². The van der Waals surface area contributed by atoms with Crippen LogP contribution in [-0.4, -0.2) is 80.5 Å². The second-order valence-electron chi connectivity index (χ2n) is 5.82. The summed E-state index contributed by atoms with van der Waals surface area (Å²) in [6, 6.07) is 2.47. The number of amides is 2. The lowest BCUT2D eigenvalue weighted by Crippen LogP contribution is -2.51. The number of nitrogens with one attached hydrogen (secondary N) is 1. The first-order valence-electron chi connectivity index (χ1n) is 7.92. The van der Waals surface area contributed by atoms with Gasteiger partial charge in [-0.25, -0.2) is 13.2 Å². The van der Waals surface area contributed by atoms with E-state index in [1.165, 1.54) is 27.5 Å². The molecule has 1 aliphatic heterocycles. The molecule has 0 aromatic carbocycles. The Kier molecular flexibility index (Phi) is 6.73. The van der Waals surface area contributed by atoms with Gasteiger partial charge in [0.2, 0.25) is 10.0 Å². The molecule has 0 bridgehead atoms. The molecular formula is C15H21N3O6S2. The lowest BCUT2D eigenvalue weighted by atomic mass is 10.3. The van der Waals surface area contributed by atoms with Crippen molar-refractivity contribution >= 4 is 39.1 Å². The largest absolute Gasteiger partial charge is 0.454 e. The van der Waals surface area contributed by atoms with E-state index in [0.717, 1.165) is 6.26 Å². The van der Waals surface area contributed by atoms with Gasteiger partial charge < -0.3 is 15.0 Å². The van der Waals surface area contributed by atoms with Crippen LogP contribution >= 0.6 is 11.3 Å². The summed E-state index contributed by atoms with van der Waals surface area (Å²) in [6.45, 7) is 1.94. The van der Waals surface area contributed by atoms with E-state index in [4.69, 9.17) is 4.74 Å². The van der Waals surface area contributed by atoms with E-state index in [9.17, 15) is 22.8 Å². The number of carbonyl (C=O) groups excluding carboxylic acids is 3. The Hall–Kier alpha value is -1.98. The number of esters is 1. The van der Waals surface area contributed by atoms with Crippen LogP contribution < -0.4 is 5.32 Å². The molecule has 2 rings (SSSR count). The molecule has 1 N–H and O–H groups in total. The number of nitrogens with zero attached hydrogens (tertiary/aromatic N) is 2. The molecule has 0 spiro atoms. The third kappa shape index (κ3) is 5.51. The molecule has 2 heterocycles. The molecule has 1 aliphatic rings.